The third-order valence-corrected chi connectivity index (χ3v) is 15.1. The molecular weight excluding hydrogens is 693 g/mol. The van der Waals surface area contributed by atoms with Crippen LogP contribution in [0.25, 0.3) is 11.3 Å². The molecule has 0 saturated carbocycles. The highest BCUT2D eigenvalue weighted by Crippen LogP contribution is 2.69. The van der Waals surface area contributed by atoms with E-state index >= 15 is 0 Å². The van der Waals surface area contributed by atoms with E-state index in [-0.39, 0.29) is 29.8 Å². The fourth-order valence-electron chi connectivity index (χ4n) is 7.85. The Bertz CT molecular complexity index is 2290. The minimum absolute atomic E-state index is 0.00631. The van der Waals surface area contributed by atoms with Crippen molar-refractivity contribution in [3.05, 3.63) is 126 Å². The Morgan fingerprint density at radius 3 is 2.38 bits per heavy atom. The van der Waals surface area contributed by atoms with Gasteiger partial charge in [0.05, 0.1) is 29.3 Å². The molecule has 2 bridgehead atoms. The summed E-state index contributed by atoms with van der Waals surface area (Å²) in [6.45, 7) is 2.00. The molecule has 1 aromatic heterocycles. The number of benzene rings is 4. The van der Waals surface area contributed by atoms with Crippen LogP contribution in [0.1, 0.15) is 23.1 Å². The van der Waals surface area contributed by atoms with Gasteiger partial charge in [-0.15, -0.1) is 5.10 Å². The van der Waals surface area contributed by atoms with Crippen molar-refractivity contribution in [2.45, 2.75) is 46.7 Å². The molecular formula is C36H30N6O5S3. The number of hydrogen-bond donors (Lipinski definition) is 0. The summed E-state index contributed by atoms with van der Waals surface area (Å²) < 4.78 is 37.7. The Kier molecular flexibility index (Phi) is 6.93. The van der Waals surface area contributed by atoms with Crippen molar-refractivity contribution in [1.82, 2.24) is 24.8 Å². The van der Waals surface area contributed by atoms with Crippen LogP contribution in [0.2, 0.25) is 0 Å². The molecule has 0 N–H and O–H groups in total. The van der Waals surface area contributed by atoms with Gasteiger partial charge in [-0.25, -0.2) is 17.4 Å². The van der Waals surface area contributed by atoms with Crippen LogP contribution in [0.4, 0.5) is 5.69 Å². The van der Waals surface area contributed by atoms with Crippen molar-refractivity contribution in [1.29, 1.82) is 0 Å². The zero-order valence-corrected chi connectivity index (χ0v) is 29.4. The second-order valence-electron chi connectivity index (χ2n) is 12.8. The third kappa shape index (κ3) is 4.21. The Balaban J connectivity index is 1.17. The number of methoxy groups -OCH3 is 1. The van der Waals surface area contributed by atoms with E-state index in [4.69, 9.17) is 4.74 Å². The zero-order valence-electron chi connectivity index (χ0n) is 26.9. The van der Waals surface area contributed by atoms with Crippen molar-refractivity contribution in [3.8, 4) is 17.0 Å². The second-order valence-corrected chi connectivity index (χ2v) is 17.2. The second kappa shape index (κ2) is 11.1. The Morgan fingerprint density at radius 2 is 1.64 bits per heavy atom. The molecule has 0 aliphatic carbocycles. The summed E-state index contributed by atoms with van der Waals surface area (Å²) in [5.41, 5.74) is 3.56. The summed E-state index contributed by atoms with van der Waals surface area (Å²) in [6.07, 6.45) is 0.914. The predicted molar refractivity (Wildman–Crippen MR) is 190 cm³/mol. The van der Waals surface area contributed by atoms with Crippen molar-refractivity contribution in [3.63, 3.8) is 0 Å². The number of sulfonamides is 1. The molecule has 5 aromatic rings. The van der Waals surface area contributed by atoms with Crippen LogP contribution in [0.5, 0.6) is 5.75 Å². The van der Waals surface area contributed by atoms with E-state index in [0.717, 1.165) is 28.0 Å². The van der Waals surface area contributed by atoms with Crippen molar-refractivity contribution in [2.75, 3.05) is 11.4 Å². The molecule has 4 fully saturated rings. The highest BCUT2D eigenvalue weighted by Gasteiger charge is 2.77. The van der Waals surface area contributed by atoms with E-state index < -0.39 is 31.8 Å². The molecule has 14 heteroatoms. The molecule has 252 valence electrons. The number of nitrogens with zero attached hydrogens (tertiary/aromatic N) is 6. The standard InChI is InChI=1S/C36H30N6O5S3/c1-23-12-16-25(17-13-23)35-21-36-34(44)40(22-39-20-29(37-38-39)24-14-18-26(47-2)19-15-24)32(48-49-36)31(43)41(36)33(35)42(30-11-7-6-10-28(30)35)50(45,46)27-8-4-3-5-9-27/h3-20,32-33H,21-22H2,1-2H3/t32-,33-,35-,36-/m0/s1. The number of fused-ring (bicyclic) bond motifs is 5. The summed E-state index contributed by atoms with van der Waals surface area (Å²) in [6, 6.07) is 31.1. The highest BCUT2D eigenvalue weighted by atomic mass is 33.1. The molecule has 11 nitrogen and oxygen atoms in total. The van der Waals surface area contributed by atoms with E-state index in [1.165, 1.54) is 25.9 Å². The van der Waals surface area contributed by atoms with E-state index in [2.05, 4.69) is 10.3 Å². The van der Waals surface area contributed by atoms with Crippen LogP contribution in [0.15, 0.2) is 114 Å². The Labute approximate surface area is 296 Å². The maximum atomic E-state index is 14.9. The van der Waals surface area contributed by atoms with Gasteiger partial charge in [0.2, 0.25) is 0 Å². The van der Waals surface area contributed by atoms with Crippen molar-refractivity contribution < 1.29 is 22.7 Å². The van der Waals surface area contributed by atoms with Crippen molar-refractivity contribution >= 4 is 49.1 Å². The van der Waals surface area contributed by atoms with Gasteiger partial charge >= 0.3 is 0 Å². The third-order valence-electron chi connectivity index (χ3n) is 10.1. The first kappa shape index (κ1) is 31.2. The summed E-state index contributed by atoms with van der Waals surface area (Å²) in [4.78, 5) is 31.6. The lowest BCUT2D eigenvalue weighted by Gasteiger charge is -2.54. The van der Waals surface area contributed by atoms with E-state index in [9.17, 15) is 18.0 Å². The smallest absolute Gasteiger partial charge is 0.266 e. The van der Waals surface area contributed by atoms with Gasteiger partial charge in [0.1, 0.15) is 24.3 Å². The van der Waals surface area contributed by atoms with Gasteiger partial charge in [-0.05, 0) is 60.5 Å². The number of anilines is 1. The van der Waals surface area contributed by atoms with Crippen LogP contribution < -0.4 is 9.04 Å². The predicted octanol–water partition coefficient (Wildman–Crippen LogP) is 5.23. The molecule has 4 atom stereocenters. The van der Waals surface area contributed by atoms with Gasteiger partial charge < -0.3 is 4.74 Å². The normalized spacial score (nSPS) is 25.1. The number of para-hydroxylation sites is 1. The van der Waals surface area contributed by atoms with Gasteiger partial charge in [0.25, 0.3) is 21.8 Å². The molecule has 10 rings (SSSR count). The average molecular weight is 723 g/mol. The number of ether oxygens (including phenoxy) is 1. The largest absolute Gasteiger partial charge is 0.497 e. The minimum Gasteiger partial charge on any atom is -0.497 e. The Morgan fingerprint density at radius 1 is 0.920 bits per heavy atom. The fourth-order valence-corrected chi connectivity index (χ4v) is 12.9. The number of amides is 2. The summed E-state index contributed by atoms with van der Waals surface area (Å²) in [5.74, 6) is 0.141. The number of rotatable bonds is 7. The molecule has 4 saturated heterocycles. The van der Waals surface area contributed by atoms with Crippen LogP contribution in [-0.4, -0.2) is 68.5 Å². The maximum Gasteiger partial charge on any atom is 0.266 e. The molecule has 0 unspecified atom stereocenters. The number of carbonyl (C=O) groups excluding carboxylic acids is 2. The minimum atomic E-state index is -4.19. The number of piperazine rings is 1. The molecule has 2 amide bonds. The molecule has 4 aromatic carbocycles. The first-order valence-corrected chi connectivity index (χ1v) is 19.6. The SMILES string of the molecule is COc1ccc(-c2cn(CN3C(=O)[C@@]45C[C@]6(c7ccc(C)cc7)c7ccccc7N(S(=O)(=O)c7ccccc7)[C@@H]6N4C(=O)[C@@H]3SS5)nn2)cc1. The van der Waals surface area contributed by atoms with Crippen LogP contribution in [-0.2, 0) is 31.7 Å². The maximum absolute atomic E-state index is 14.9. The van der Waals surface area contributed by atoms with Crippen LogP contribution in [0.3, 0.4) is 0 Å². The quantitative estimate of drug-likeness (QED) is 0.208. The average Bonchev–Trinajstić information content (AvgIpc) is 3.81. The first-order valence-electron chi connectivity index (χ1n) is 16.0. The molecule has 0 radical (unpaired) electrons. The lowest BCUT2D eigenvalue weighted by atomic mass is 9.72. The number of aryl methyl sites for hydroxylation is 1. The summed E-state index contributed by atoms with van der Waals surface area (Å²) >= 11 is 0. The van der Waals surface area contributed by atoms with Crippen molar-refractivity contribution in [2.24, 2.45) is 0 Å². The molecule has 5 aliphatic rings. The van der Waals surface area contributed by atoms with Crippen LogP contribution >= 0.6 is 21.6 Å². The summed E-state index contributed by atoms with van der Waals surface area (Å²) in [7, 11) is 0.0946. The zero-order chi connectivity index (χ0) is 34.4. The molecule has 6 heterocycles. The van der Waals surface area contributed by atoms with E-state index in [1.807, 2.05) is 73.7 Å². The van der Waals surface area contributed by atoms with Crippen LogP contribution in [0, 0.1) is 6.92 Å². The Hall–Kier alpha value is -4.79. The first-order chi connectivity index (χ1) is 24.2. The highest BCUT2D eigenvalue weighted by molar-refractivity contribution is 8.78. The summed E-state index contributed by atoms with van der Waals surface area (Å²) in [5, 5.41) is 7.73. The number of aromatic nitrogens is 3. The fraction of sp³-hybridized carbons (Fsp3) is 0.222. The molecule has 5 aliphatic heterocycles. The lowest BCUT2D eigenvalue weighted by Crippen LogP contribution is -2.72. The van der Waals surface area contributed by atoms with Gasteiger partial charge in [-0.2, -0.15) is 0 Å². The lowest BCUT2D eigenvalue weighted by molar-refractivity contribution is -0.161. The van der Waals surface area contributed by atoms with Gasteiger partial charge in [0.15, 0.2) is 10.2 Å². The van der Waals surface area contributed by atoms with E-state index in [1.54, 1.807) is 64.2 Å². The van der Waals surface area contributed by atoms with Gasteiger partial charge in [-0.3, -0.25) is 19.4 Å². The monoisotopic (exact) mass is 722 g/mol. The number of carbonyl (C=O) groups is 2. The molecule has 1 spiro atoms. The van der Waals surface area contributed by atoms with E-state index in [0.29, 0.717) is 11.4 Å². The molecule has 50 heavy (non-hydrogen) atoms. The van der Waals surface area contributed by atoms with Gasteiger partial charge in [0, 0.05) is 12.0 Å². The number of hydrogen-bond acceptors (Lipinski definition) is 9. The topological polar surface area (TPSA) is 118 Å². The van der Waals surface area contributed by atoms with Gasteiger partial charge in [-0.1, -0.05) is 93.0 Å².